The van der Waals surface area contributed by atoms with E-state index in [0.29, 0.717) is 11.4 Å². The molecule has 2 N–H and O–H groups in total. The first-order valence-electron chi connectivity index (χ1n) is 6.42. The molecule has 1 aliphatic rings. The van der Waals surface area contributed by atoms with Crippen LogP contribution in [0.5, 0.6) is 5.75 Å². The number of rotatable bonds is 3. The summed E-state index contributed by atoms with van der Waals surface area (Å²) in [7, 11) is 0. The highest BCUT2D eigenvalue weighted by Crippen LogP contribution is 2.34. The monoisotopic (exact) mass is 266 g/mol. The fourth-order valence-electron chi connectivity index (χ4n) is 2.28. The van der Waals surface area contributed by atoms with Crippen molar-refractivity contribution in [3.63, 3.8) is 0 Å². The summed E-state index contributed by atoms with van der Waals surface area (Å²) < 4.78 is 5.86. The average Bonchev–Trinajstić information content (AvgIpc) is 2.27. The van der Waals surface area contributed by atoms with Crippen molar-refractivity contribution in [2.45, 2.75) is 25.5 Å². The van der Waals surface area contributed by atoms with Crippen LogP contribution in [0.4, 0.5) is 11.4 Å². The molecular weight excluding hydrogens is 244 g/mol. The first kappa shape index (κ1) is 13.4. The van der Waals surface area contributed by atoms with E-state index < -0.39 is 0 Å². The van der Waals surface area contributed by atoms with Crippen LogP contribution in [-0.4, -0.2) is 30.2 Å². The van der Waals surface area contributed by atoms with Gasteiger partial charge >= 0.3 is 0 Å². The third kappa shape index (κ3) is 3.25. The molecule has 3 nitrogen and oxygen atoms in total. The Balaban J connectivity index is 2.21. The predicted molar refractivity (Wildman–Crippen MR) is 80.8 cm³/mol. The second-order valence-corrected chi connectivity index (χ2v) is 7.03. The largest absolute Gasteiger partial charge is 0.494 e. The summed E-state index contributed by atoms with van der Waals surface area (Å²) in [5.74, 6) is 2.02. The maximum atomic E-state index is 5.95. The number of hydrogen-bond acceptors (Lipinski definition) is 4. The molecule has 1 fully saturated rings. The van der Waals surface area contributed by atoms with Gasteiger partial charge in [-0.1, -0.05) is 0 Å². The minimum Gasteiger partial charge on any atom is -0.494 e. The molecule has 1 heterocycles. The van der Waals surface area contributed by atoms with Crippen LogP contribution in [0.15, 0.2) is 18.2 Å². The van der Waals surface area contributed by atoms with E-state index in [4.69, 9.17) is 10.5 Å². The summed E-state index contributed by atoms with van der Waals surface area (Å²) in [5.41, 5.74) is 7.90. The van der Waals surface area contributed by atoms with Crippen molar-refractivity contribution in [3.05, 3.63) is 18.2 Å². The number of nitrogens with two attached hydrogens (primary N) is 1. The van der Waals surface area contributed by atoms with E-state index in [1.54, 1.807) is 0 Å². The molecule has 0 amide bonds. The molecule has 18 heavy (non-hydrogen) atoms. The molecule has 0 atom stereocenters. The molecule has 0 spiro atoms. The molecule has 4 heteroatoms. The molecular formula is C14H22N2OS. The molecule has 1 saturated heterocycles. The maximum absolute atomic E-state index is 5.95. The number of nitrogen functional groups attached to an aromatic ring is 1. The SMILES string of the molecule is CCOc1cc(N)cc(N2CCSC(C)(C)C2)c1. The lowest BCUT2D eigenvalue weighted by atomic mass is 10.1. The van der Waals surface area contributed by atoms with E-state index in [2.05, 4.69) is 24.8 Å². The van der Waals surface area contributed by atoms with Crippen LogP contribution in [0.2, 0.25) is 0 Å². The Morgan fingerprint density at radius 1 is 1.39 bits per heavy atom. The summed E-state index contributed by atoms with van der Waals surface area (Å²) in [5, 5.41) is 0. The second kappa shape index (κ2) is 5.31. The zero-order valence-corrected chi connectivity index (χ0v) is 12.2. The second-order valence-electron chi connectivity index (χ2n) is 5.22. The summed E-state index contributed by atoms with van der Waals surface area (Å²) >= 11 is 2.03. The highest BCUT2D eigenvalue weighted by atomic mass is 32.2. The summed E-state index contributed by atoms with van der Waals surface area (Å²) in [6.45, 7) is 9.36. The van der Waals surface area contributed by atoms with Crippen molar-refractivity contribution in [2.75, 3.05) is 36.1 Å². The first-order chi connectivity index (χ1) is 8.50. The van der Waals surface area contributed by atoms with Gasteiger partial charge in [0.2, 0.25) is 0 Å². The van der Waals surface area contributed by atoms with Crippen molar-refractivity contribution < 1.29 is 4.74 Å². The van der Waals surface area contributed by atoms with Gasteiger partial charge in [0.25, 0.3) is 0 Å². The average molecular weight is 266 g/mol. The number of nitrogens with zero attached hydrogens (tertiary/aromatic N) is 1. The van der Waals surface area contributed by atoms with Crippen molar-refractivity contribution in [1.82, 2.24) is 0 Å². The van der Waals surface area contributed by atoms with Gasteiger partial charge < -0.3 is 15.4 Å². The van der Waals surface area contributed by atoms with Gasteiger partial charge in [0.15, 0.2) is 0 Å². The zero-order chi connectivity index (χ0) is 13.2. The highest BCUT2D eigenvalue weighted by Gasteiger charge is 2.27. The van der Waals surface area contributed by atoms with Crippen molar-refractivity contribution >= 4 is 23.1 Å². The van der Waals surface area contributed by atoms with Gasteiger partial charge in [0.1, 0.15) is 5.75 Å². The van der Waals surface area contributed by atoms with Crippen LogP contribution in [0.3, 0.4) is 0 Å². The predicted octanol–water partition coefficient (Wildman–Crippen LogP) is 3.00. The van der Waals surface area contributed by atoms with Crippen LogP contribution < -0.4 is 15.4 Å². The van der Waals surface area contributed by atoms with Crippen molar-refractivity contribution in [3.8, 4) is 5.75 Å². The number of thioether (sulfide) groups is 1. The molecule has 0 radical (unpaired) electrons. The Labute approximate surface area is 114 Å². The van der Waals surface area contributed by atoms with Gasteiger partial charge in [0, 0.05) is 47.1 Å². The minimum absolute atomic E-state index is 0.300. The Morgan fingerprint density at radius 2 is 2.17 bits per heavy atom. The topological polar surface area (TPSA) is 38.5 Å². The van der Waals surface area contributed by atoms with Gasteiger partial charge in [-0.25, -0.2) is 0 Å². The number of hydrogen-bond donors (Lipinski definition) is 1. The van der Waals surface area contributed by atoms with Crippen LogP contribution in [0.25, 0.3) is 0 Å². The lowest BCUT2D eigenvalue weighted by Gasteiger charge is -2.39. The molecule has 0 bridgehead atoms. The molecule has 2 rings (SSSR count). The minimum atomic E-state index is 0.300. The van der Waals surface area contributed by atoms with Crippen molar-refractivity contribution in [1.29, 1.82) is 0 Å². The van der Waals surface area contributed by atoms with E-state index in [1.165, 1.54) is 5.69 Å². The highest BCUT2D eigenvalue weighted by molar-refractivity contribution is 8.00. The first-order valence-corrected chi connectivity index (χ1v) is 7.41. The van der Waals surface area contributed by atoms with Crippen LogP contribution >= 0.6 is 11.8 Å². The van der Waals surface area contributed by atoms with E-state index >= 15 is 0 Å². The van der Waals surface area contributed by atoms with Gasteiger partial charge in [0.05, 0.1) is 6.61 Å². The van der Waals surface area contributed by atoms with Gasteiger partial charge in [-0.3, -0.25) is 0 Å². The van der Waals surface area contributed by atoms with Gasteiger partial charge in [-0.2, -0.15) is 11.8 Å². The third-order valence-corrected chi connectivity index (χ3v) is 4.31. The maximum Gasteiger partial charge on any atom is 0.123 e. The summed E-state index contributed by atoms with van der Waals surface area (Å²) in [4.78, 5) is 2.40. The van der Waals surface area contributed by atoms with E-state index in [9.17, 15) is 0 Å². The fourth-order valence-corrected chi connectivity index (χ4v) is 3.39. The Hall–Kier alpha value is -1.03. The Kier molecular flexibility index (Phi) is 3.95. The van der Waals surface area contributed by atoms with E-state index in [-0.39, 0.29) is 0 Å². The number of ether oxygens (including phenoxy) is 1. The standard InChI is InChI=1S/C14H22N2OS/c1-4-17-13-8-11(15)7-12(9-13)16-5-6-18-14(2,3)10-16/h7-9H,4-6,10,15H2,1-3H3. The summed E-state index contributed by atoms with van der Waals surface area (Å²) in [6, 6.07) is 6.01. The molecule has 0 unspecified atom stereocenters. The molecule has 0 saturated carbocycles. The van der Waals surface area contributed by atoms with Crippen LogP contribution in [0, 0.1) is 0 Å². The molecule has 1 aliphatic heterocycles. The number of anilines is 2. The van der Waals surface area contributed by atoms with Crippen LogP contribution in [0.1, 0.15) is 20.8 Å². The van der Waals surface area contributed by atoms with Gasteiger partial charge in [-0.15, -0.1) is 0 Å². The molecule has 0 aliphatic carbocycles. The van der Waals surface area contributed by atoms with Crippen LogP contribution in [-0.2, 0) is 0 Å². The van der Waals surface area contributed by atoms with Gasteiger partial charge in [-0.05, 0) is 26.8 Å². The molecule has 1 aromatic rings. The Bertz CT molecular complexity index is 420. The molecule has 1 aromatic carbocycles. The smallest absolute Gasteiger partial charge is 0.123 e. The number of benzene rings is 1. The van der Waals surface area contributed by atoms with E-state index in [1.807, 2.05) is 30.8 Å². The normalized spacial score (nSPS) is 18.7. The lowest BCUT2D eigenvalue weighted by molar-refractivity contribution is 0.340. The molecule has 100 valence electrons. The van der Waals surface area contributed by atoms with Crippen molar-refractivity contribution in [2.24, 2.45) is 0 Å². The third-order valence-electron chi connectivity index (χ3n) is 3.02. The summed E-state index contributed by atoms with van der Waals surface area (Å²) in [6.07, 6.45) is 0. The zero-order valence-electron chi connectivity index (χ0n) is 11.4. The lowest BCUT2D eigenvalue weighted by Crippen LogP contribution is -2.43. The quantitative estimate of drug-likeness (QED) is 0.854. The molecule has 0 aromatic heterocycles. The fraction of sp³-hybridized carbons (Fsp3) is 0.571. The Morgan fingerprint density at radius 3 is 2.83 bits per heavy atom. The van der Waals surface area contributed by atoms with E-state index in [0.717, 1.165) is 30.3 Å².